The molecule has 1 amide bonds. The number of hydrogen-bond acceptors (Lipinski definition) is 2. The molecule has 2 aliphatic rings. The van der Waals surface area contributed by atoms with E-state index in [2.05, 4.69) is 15.7 Å². The first-order valence-electron chi connectivity index (χ1n) is 9.33. The van der Waals surface area contributed by atoms with Crippen LogP contribution in [0.25, 0.3) is 0 Å². The molecular weight excluding hydrogens is 353 g/mol. The number of carbonyl (C=O) groups is 1. The van der Waals surface area contributed by atoms with Crippen molar-refractivity contribution in [3.63, 3.8) is 0 Å². The lowest BCUT2D eigenvalue weighted by molar-refractivity contribution is -0.131. The van der Waals surface area contributed by atoms with Crippen LogP contribution in [0.4, 0.5) is 4.39 Å². The number of carbonyl (C=O) groups excluding carboxylic acids is 1. The average molecular weight is 376 g/mol. The molecule has 2 fully saturated rings. The van der Waals surface area contributed by atoms with E-state index in [1.54, 1.807) is 6.07 Å². The number of aromatic nitrogens is 2. The molecule has 1 aromatic heterocycles. The van der Waals surface area contributed by atoms with Crippen molar-refractivity contribution in [3.05, 3.63) is 52.8 Å². The molecule has 4 rings (SSSR count). The summed E-state index contributed by atoms with van der Waals surface area (Å²) in [5.41, 5.74) is 0.681. The maximum Gasteiger partial charge on any atom is 0.227 e. The SMILES string of the molecule is O=C(Cc1ccc(F)cc1Cl)N1CCC(c2nccn2CC2CC2)CC1. The summed E-state index contributed by atoms with van der Waals surface area (Å²) in [6, 6.07) is 4.20. The Balaban J connectivity index is 1.34. The molecule has 4 nitrogen and oxygen atoms in total. The quantitative estimate of drug-likeness (QED) is 0.791. The van der Waals surface area contributed by atoms with Gasteiger partial charge in [-0.25, -0.2) is 9.37 Å². The van der Waals surface area contributed by atoms with Crippen LogP contribution in [-0.2, 0) is 17.8 Å². The minimum absolute atomic E-state index is 0.0540. The summed E-state index contributed by atoms with van der Waals surface area (Å²) >= 11 is 6.05. The van der Waals surface area contributed by atoms with Gasteiger partial charge in [0.15, 0.2) is 0 Å². The van der Waals surface area contributed by atoms with E-state index in [4.69, 9.17) is 11.6 Å². The van der Waals surface area contributed by atoms with Crippen LogP contribution in [0, 0.1) is 11.7 Å². The van der Waals surface area contributed by atoms with Crippen molar-refractivity contribution >= 4 is 17.5 Å². The summed E-state index contributed by atoms with van der Waals surface area (Å²) in [6.45, 7) is 2.55. The van der Waals surface area contributed by atoms with E-state index in [0.29, 0.717) is 16.5 Å². The molecule has 0 radical (unpaired) electrons. The van der Waals surface area contributed by atoms with Crippen LogP contribution in [0.2, 0.25) is 5.02 Å². The third kappa shape index (κ3) is 3.93. The zero-order chi connectivity index (χ0) is 18.1. The molecule has 0 unspecified atom stereocenters. The van der Waals surface area contributed by atoms with E-state index in [9.17, 15) is 9.18 Å². The number of hydrogen-bond donors (Lipinski definition) is 0. The van der Waals surface area contributed by atoms with Crippen molar-refractivity contribution in [1.82, 2.24) is 14.5 Å². The molecule has 0 spiro atoms. The summed E-state index contributed by atoms with van der Waals surface area (Å²) in [4.78, 5) is 19.0. The van der Waals surface area contributed by atoms with Gasteiger partial charge in [0.05, 0.1) is 6.42 Å². The topological polar surface area (TPSA) is 38.1 Å². The van der Waals surface area contributed by atoms with E-state index in [-0.39, 0.29) is 18.1 Å². The molecular formula is C20H23ClFN3O. The molecule has 1 aliphatic carbocycles. The van der Waals surface area contributed by atoms with Gasteiger partial charge in [0, 0.05) is 43.0 Å². The van der Waals surface area contributed by atoms with Gasteiger partial charge in [-0.1, -0.05) is 17.7 Å². The summed E-state index contributed by atoms with van der Waals surface area (Å²) in [7, 11) is 0. The summed E-state index contributed by atoms with van der Waals surface area (Å²) in [5.74, 6) is 2.09. The van der Waals surface area contributed by atoms with Gasteiger partial charge in [-0.15, -0.1) is 0 Å². The minimum atomic E-state index is -0.381. The van der Waals surface area contributed by atoms with E-state index in [0.717, 1.165) is 38.4 Å². The van der Waals surface area contributed by atoms with Crippen molar-refractivity contribution in [1.29, 1.82) is 0 Å². The first-order chi connectivity index (χ1) is 12.6. The van der Waals surface area contributed by atoms with Crippen LogP contribution < -0.4 is 0 Å². The van der Waals surface area contributed by atoms with E-state index in [1.165, 1.54) is 30.8 Å². The number of piperidine rings is 1. The first-order valence-corrected chi connectivity index (χ1v) is 9.70. The first kappa shape index (κ1) is 17.5. The van der Waals surface area contributed by atoms with Crippen molar-refractivity contribution < 1.29 is 9.18 Å². The van der Waals surface area contributed by atoms with Crippen LogP contribution in [0.1, 0.15) is 43.0 Å². The van der Waals surface area contributed by atoms with Crippen LogP contribution in [0.5, 0.6) is 0 Å². The number of imidazole rings is 1. The second kappa shape index (κ2) is 7.39. The lowest BCUT2D eigenvalue weighted by Gasteiger charge is -2.32. The fourth-order valence-corrected chi connectivity index (χ4v) is 3.97. The second-order valence-electron chi connectivity index (χ2n) is 7.45. The summed E-state index contributed by atoms with van der Waals surface area (Å²) < 4.78 is 15.4. The number of likely N-dealkylation sites (tertiary alicyclic amines) is 1. The smallest absolute Gasteiger partial charge is 0.227 e. The number of amides is 1. The third-order valence-corrected chi connectivity index (χ3v) is 5.82. The van der Waals surface area contributed by atoms with Gasteiger partial charge < -0.3 is 9.47 Å². The van der Waals surface area contributed by atoms with Crippen LogP contribution in [-0.4, -0.2) is 33.4 Å². The lowest BCUT2D eigenvalue weighted by Crippen LogP contribution is -2.39. The molecule has 1 saturated carbocycles. The highest BCUT2D eigenvalue weighted by Gasteiger charge is 2.28. The van der Waals surface area contributed by atoms with Gasteiger partial charge in [-0.05, 0) is 49.3 Å². The van der Waals surface area contributed by atoms with Crippen molar-refractivity contribution in [3.8, 4) is 0 Å². The average Bonchev–Trinajstić information content (AvgIpc) is 3.33. The Hall–Kier alpha value is -1.88. The van der Waals surface area contributed by atoms with Gasteiger partial charge in [-0.3, -0.25) is 4.79 Å². The Morgan fingerprint density at radius 2 is 2.00 bits per heavy atom. The van der Waals surface area contributed by atoms with Crippen LogP contribution in [0.15, 0.2) is 30.6 Å². The van der Waals surface area contributed by atoms with Crippen LogP contribution in [0.3, 0.4) is 0 Å². The second-order valence-corrected chi connectivity index (χ2v) is 7.86. The van der Waals surface area contributed by atoms with Gasteiger partial charge in [0.2, 0.25) is 5.91 Å². The fraction of sp³-hybridized carbons (Fsp3) is 0.500. The zero-order valence-corrected chi connectivity index (χ0v) is 15.5. The molecule has 0 atom stereocenters. The number of rotatable bonds is 5. The van der Waals surface area contributed by atoms with Crippen molar-refractivity contribution in [2.75, 3.05) is 13.1 Å². The fourth-order valence-electron chi connectivity index (χ4n) is 3.74. The lowest BCUT2D eigenvalue weighted by atomic mass is 9.95. The van der Waals surface area contributed by atoms with Gasteiger partial charge >= 0.3 is 0 Å². The molecule has 1 saturated heterocycles. The maximum atomic E-state index is 13.1. The number of nitrogens with zero attached hydrogens (tertiary/aromatic N) is 3. The molecule has 1 aliphatic heterocycles. The van der Waals surface area contributed by atoms with Gasteiger partial charge in [0.1, 0.15) is 11.6 Å². The molecule has 26 heavy (non-hydrogen) atoms. The monoisotopic (exact) mass is 375 g/mol. The summed E-state index contributed by atoms with van der Waals surface area (Å²) in [6.07, 6.45) is 8.73. The largest absolute Gasteiger partial charge is 0.342 e. The Bertz CT molecular complexity index is 794. The Kier molecular flexibility index (Phi) is 4.98. The predicted molar refractivity (Wildman–Crippen MR) is 98.6 cm³/mol. The number of halogens is 2. The predicted octanol–water partition coefficient (Wildman–Crippen LogP) is 4.03. The molecule has 2 aromatic rings. The molecule has 6 heteroatoms. The normalized spacial score (nSPS) is 18.3. The molecule has 1 aromatic carbocycles. The van der Waals surface area contributed by atoms with E-state index in [1.807, 2.05) is 11.1 Å². The van der Waals surface area contributed by atoms with E-state index >= 15 is 0 Å². The highest BCUT2D eigenvalue weighted by atomic mass is 35.5. The highest BCUT2D eigenvalue weighted by molar-refractivity contribution is 6.31. The van der Waals surface area contributed by atoms with Crippen molar-refractivity contribution in [2.45, 2.75) is 44.6 Å². The summed E-state index contributed by atoms with van der Waals surface area (Å²) in [5, 5.41) is 0.315. The molecule has 2 heterocycles. The maximum absolute atomic E-state index is 13.1. The molecule has 0 bridgehead atoms. The Morgan fingerprint density at radius 1 is 1.23 bits per heavy atom. The Labute approximate surface area is 158 Å². The molecule has 0 N–H and O–H groups in total. The Morgan fingerprint density at radius 3 is 2.69 bits per heavy atom. The third-order valence-electron chi connectivity index (χ3n) is 5.47. The van der Waals surface area contributed by atoms with Crippen molar-refractivity contribution in [2.24, 2.45) is 5.92 Å². The zero-order valence-electron chi connectivity index (χ0n) is 14.7. The number of benzene rings is 1. The van der Waals surface area contributed by atoms with Gasteiger partial charge in [0.25, 0.3) is 0 Å². The van der Waals surface area contributed by atoms with Gasteiger partial charge in [-0.2, -0.15) is 0 Å². The molecule has 138 valence electrons. The van der Waals surface area contributed by atoms with Crippen LogP contribution >= 0.6 is 11.6 Å². The minimum Gasteiger partial charge on any atom is -0.342 e. The van der Waals surface area contributed by atoms with E-state index < -0.39 is 0 Å². The highest BCUT2D eigenvalue weighted by Crippen LogP contribution is 2.33. The standard InChI is InChI=1S/C20H23ClFN3O/c21-18-12-17(22)4-3-16(18)11-19(26)24-8-5-15(6-9-24)20-23-7-10-25(20)13-14-1-2-14/h3-4,7,10,12,14-15H,1-2,5-6,8-9,11,13H2.